The van der Waals surface area contributed by atoms with Crippen molar-refractivity contribution in [2.75, 3.05) is 11.9 Å². The van der Waals surface area contributed by atoms with Gasteiger partial charge in [-0.2, -0.15) is 5.10 Å². The number of nitrogens with zero attached hydrogens (tertiary/aromatic N) is 1. The Morgan fingerprint density at radius 1 is 1.03 bits per heavy atom. The summed E-state index contributed by atoms with van der Waals surface area (Å²) in [7, 11) is 0. The van der Waals surface area contributed by atoms with Crippen molar-refractivity contribution in [2.24, 2.45) is 5.10 Å². The highest BCUT2D eigenvalue weighted by Gasteiger charge is 2.13. The van der Waals surface area contributed by atoms with Crippen LogP contribution in [0.3, 0.4) is 0 Å². The molecule has 0 unspecified atom stereocenters. The van der Waals surface area contributed by atoms with E-state index < -0.39 is 11.8 Å². The van der Waals surface area contributed by atoms with E-state index in [-0.39, 0.29) is 6.42 Å². The first-order valence-electron chi connectivity index (χ1n) is 10.4. The molecule has 34 heavy (non-hydrogen) atoms. The van der Waals surface area contributed by atoms with Crippen molar-refractivity contribution in [3.05, 3.63) is 87.4 Å². The first-order chi connectivity index (χ1) is 16.4. The molecular formula is C25H23BrClN3O4. The molecule has 0 heterocycles. The molecule has 0 aliphatic heterocycles. The zero-order valence-electron chi connectivity index (χ0n) is 18.4. The number of benzene rings is 3. The van der Waals surface area contributed by atoms with Gasteiger partial charge in [-0.25, -0.2) is 5.43 Å². The third-order valence-electron chi connectivity index (χ3n) is 4.41. The molecule has 0 saturated heterocycles. The van der Waals surface area contributed by atoms with Gasteiger partial charge < -0.3 is 14.8 Å². The summed E-state index contributed by atoms with van der Waals surface area (Å²) in [6, 6.07) is 19.8. The number of carbonyl (C=O) groups is 2. The number of anilines is 1. The molecule has 2 amide bonds. The molecule has 0 aliphatic rings. The normalized spacial score (nSPS) is 10.7. The standard InChI is InChI=1S/C25H23BrClN3O4/c1-2-33-22-13-18(12-21(26)25(22)34-16-17-8-10-19(27)11-9-17)15-28-30-24(32)14-23(31)29-20-6-4-3-5-7-20/h3-13,15H,2,14,16H2,1H3,(H,29,31)(H,30,32). The summed E-state index contributed by atoms with van der Waals surface area (Å²) >= 11 is 9.44. The van der Waals surface area contributed by atoms with E-state index in [2.05, 4.69) is 31.8 Å². The Kier molecular flexibility index (Phi) is 9.49. The number of hydrazone groups is 1. The molecule has 2 N–H and O–H groups in total. The predicted octanol–water partition coefficient (Wildman–Crippen LogP) is 5.56. The zero-order chi connectivity index (χ0) is 24.3. The SMILES string of the molecule is CCOc1cc(C=NNC(=O)CC(=O)Nc2ccccc2)cc(Br)c1OCc1ccc(Cl)cc1. The van der Waals surface area contributed by atoms with Crippen LogP contribution in [0, 0.1) is 0 Å². The fourth-order valence-electron chi connectivity index (χ4n) is 2.89. The van der Waals surface area contributed by atoms with Crippen LogP contribution in [-0.4, -0.2) is 24.6 Å². The minimum absolute atomic E-state index is 0.338. The lowest BCUT2D eigenvalue weighted by molar-refractivity contribution is -0.126. The first-order valence-corrected chi connectivity index (χ1v) is 11.6. The molecule has 0 saturated carbocycles. The molecule has 7 nitrogen and oxygen atoms in total. The third-order valence-corrected chi connectivity index (χ3v) is 5.25. The number of rotatable bonds is 10. The molecule has 0 bridgehead atoms. The summed E-state index contributed by atoms with van der Waals surface area (Å²) in [5.41, 5.74) is 4.61. The highest BCUT2D eigenvalue weighted by molar-refractivity contribution is 9.10. The van der Waals surface area contributed by atoms with Gasteiger partial charge in [0.2, 0.25) is 11.8 Å². The van der Waals surface area contributed by atoms with Gasteiger partial charge in [0.1, 0.15) is 13.0 Å². The van der Waals surface area contributed by atoms with E-state index >= 15 is 0 Å². The van der Waals surface area contributed by atoms with E-state index in [0.29, 0.717) is 45.5 Å². The van der Waals surface area contributed by atoms with Gasteiger partial charge in [-0.15, -0.1) is 0 Å². The molecular weight excluding hydrogens is 522 g/mol. The second-order valence-corrected chi connectivity index (χ2v) is 8.35. The smallest absolute Gasteiger partial charge is 0.249 e. The van der Waals surface area contributed by atoms with Crippen LogP contribution in [0.25, 0.3) is 0 Å². The van der Waals surface area contributed by atoms with Crippen LogP contribution < -0.4 is 20.2 Å². The maximum absolute atomic E-state index is 12.0. The average molecular weight is 545 g/mol. The van der Waals surface area contributed by atoms with Crippen LogP contribution in [-0.2, 0) is 16.2 Å². The Hall–Kier alpha value is -3.36. The largest absolute Gasteiger partial charge is 0.490 e. The lowest BCUT2D eigenvalue weighted by atomic mass is 10.2. The van der Waals surface area contributed by atoms with Crippen molar-refractivity contribution in [2.45, 2.75) is 20.0 Å². The zero-order valence-corrected chi connectivity index (χ0v) is 20.7. The molecule has 3 aromatic carbocycles. The van der Waals surface area contributed by atoms with Crippen molar-refractivity contribution < 1.29 is 19.1 Å². The average Bonchev–Trinajstić information content (AvgIpc) is 2.80. The summed E-state index contributed by atoms with van der Waals surface area (Å²) in [6.07, 6.45) is 1.11. The van der Waals surface area contributed by atoms with Gasteiger partial charge in [-0.1, -0.05) is 41.9 Å². The van der Waals surface area contributed by atoms with Crippen LogP contribution in [0.4, 0.5) is 5.69 Å². The van der Waals surface area contributed by atoms with Crippen molar-refractivity contribution in [1.82, 2.24) is 5.43 Å². The van der Waals surface area contributed by atoms with E-state index in [1.165, 1.54) is 6.21 Å². The number of hydrogen-bond acceptors (Lipinski definition) is 5. The number of carbonyl (C=O) groups excluding carboxylic acids is 2. The summed E-state index contributed by atoms with van der Waals surface area (Å²) in [4.78, 5) is 24.0. The first kappa shape index (κ1) is 25.3. The van der Waals surface area contributed by atoms with Gasteiger partial charge in [0.05, 0.1) is 17.3 Å². The van der Waals surface area contributed by atoms with Gasteiger partial charge in [0, 0.05) is 10.7 Å². The van der Waals surface area contributed by atoms with Crippen LogP contribution in [0.2, 0.25) is 5.02 Å². The van der Waals surface area contributed by atoms with E-state index in [1.54, 1.807) is 48.5 Å². The topological polar surface area (TPSA) is 89.0 Å². The van der Waals surface area contributed by atoms with Gasteiger partial charge in [-0.3, -0.25) is 9.59 Å². The second-order valence-electron chi connectivity index (χ2n) is 7.06. The van der Waals surface area contributed by atoms with E-state index in [0.717, 1.165) is 5.56 Å². The Balaban J connectivity index is 1.59. The lowest BCUT2D eigenvalue weighted by Crippen LogP contribution is -2.24. The number of ether oxygens (including phenoxy) is 2. The van der Waals surface area contributed by atoms with Gasteiger partial charge in [-0.05, 0) is 70.4 Å². The van der Waals surface area contributed by atoms with Crippen molar-refractivity contribution >= 4 is 51.2 Å². The Labute approximate surface area is 211 Å². The summed E-state index contributed by atoms with van der Waals surface area (Å²) in [6.45, 7) is 2.65. The molecule has 0 atom stereocenters. The van der Waals surface area contributed by atoms with Gasteiger partial charge in [0.25, 0.3) is 0 Å². The maximum atomic E-state index is 12.0. The molecule has 0 aromatic heterocycles. The summed E-state index contributed by atoms with van der Waals surface area (Å²) < 4.78 is 12.4. The Morgan fingerprint density at radius 3 is 2.47 bits per heavy atom. The molecule has 0 radical (unpaired) electrons. The van der Waals surface area contributed by atoms with Crippen molar-refractivity contribution in [3.63, 3.8) is 0 Å². The van der Waals surface area contributed by atoms with Gasteiger partial charge >= 0.3 is 0 Å². The number of para-hydroxylation sites is 1. The van der Waals surface area contributed by atoms with Crippen LogP contribution in [0.5, 0.6) is 11.5 Å². The molecule has 0 fully saturated rings. The van der Waals surface area contributed by atoms with E-state index in [9.17, 15) is 9.59 Å². The highest BCUT2D eigenvalue weighted by atomic mass is 79.9. The minimum atomic E-state index is -0.531. The van der Waals surface area contributed by atoms with Crippen molar-refractivity contribution in [3.8, 4) is 11.5 Å². The fourth-order valence-corrected chi connectivity index (χ4v) is 3.59. The quantitative estimate of drug-likeness (QED) is 0.199. The fraction of sp³-hybridized carbons (Fsp3) is 0.160. The van der Waals surface area contributed by atoms with Crippen LogP contribution in [0.15, 0.2) is 76.3 Å². The highest BCUT2D eigenvalue weighted by Crippen LogP contribution is 2.37. The third kappa shape index (κ3) is 7.90. The molecule has 9 heteroatoms. The second kappa shape index (κ2) is 12.8. The number of hydrogen-bond donors (Lipinski definition) is 2. The van der Waals surface area contributed by atoms with Crippen LogP contribution in [0.1, 0.15) is 24.5 Å². The minimum Gasteiger partial charge on any atom is -0.490 e. The lowest BCUT2D eigenvalue weighted by Gasteiger charge is -2.14. The van der Waals surface area contributed by atoms with E-state index in [4.69, 9.17) is 21.1 Å². The Morgan fingerprint density at radius 2 is 1.76 bits per heavy atom. The summed E-state index contributed by atoms with van der Waals surface area (Å²) in [5, 5.41) is 7.25. The number of amides is 2. The summed E-state index contributed by atoms with van der Waals surface area (Å²) in [5.74, 6) is 0.121. The Bertz CT molecular complexity index is 1150. The molecule has 3 aromatic rings. The molecule has 3 rings (SSSR count). The molecule has 0 spiro atoms. The van der Waals surface area contributed by atoms with Crippen molar-refractivity contribution in [1.29, 1.82) is 0 Å². The predicted molar refractivity (Wildman–Crippen MR) is 137 cm³/mol. The van der Waals surface area contributed by atoms with E-state index in [1.807, 2.05) is 25.1 Å². The van der Waals surface area contributed by atoms with Crippen LogP contribution >= 0.6 is 27.5 Å². The number of halogens is 2. The maximum Gasteiger partial charge on any atom is 0.249 e. The molecule has 176 valence electrons. The number of nitrogens with one attached hydrogen (secondary N) is 2. The monoisotopic (exact) mass is 543 g/mol. The molecule has 0 aliphatic carbocycles. The van der Waals surface area contributed by atoms with Gasteiger partial charge in [0.15, 0.2) is 11.5 Å².